The summed E-state index contributed by atoms with van der Waals surface area (Å²) < 4.78 is 4.13. The molecule has 122 valence electrons. The van der Waals surface area contributed by atoms with E-state index in [-0.39, 0.29) is 24.0 Å². The number of aromatic nitrogens is 2. The Hall–Kier alpha value is -1.15. The van der Waals surface area contributed by atoms with Crippen LogP contribution < -0.4 is 5.32 Å². The summed E-state index contributed by atoms with van der Waals surface area (Å²) in [5, 5.41) is 4.13. The number of hydrogen-bond donors (Lipinski definition) is 1. The first-order chi connectivity index (χ1) is 10.0. The van der Waals surface area contributed by atoms with Crippen LogP contribution in [0, 0.1) is 0 Å². The molecule has 0 radical (unpaired) electrons. The molecule has 0 amide bonds. The van der Waals surface area contributed by atoms with Gasteiger partial charge in [-0.2, -0.15) is 0 Å². The van der Waals surface area contributed by atoms with Crippen molar-refractivity contribution >= 4 is 41.5 Å². The Balaban J connectivity index is 0.00000242. The Bertz CT molecular complexity index is 632. The summed E-state index contributed by atoms with van der Waals surface area (Å²) >= 11 is 6.02. The maximum Gasteiger partial charge on any atom is 0.194 e. The molecule has 1 N–H and O–H groups in total. The van der Waals surface area contributed by atoms with E-state index in [2.05, 4.69) is 25.8 Å². The van der Waals surface area contributed by atoms with Crippen LogP contribution in [-0.2, 0) is 27.2 Å². The fourth-order valence-electron chi connectivity index (χ4n) is 2.28. The molecule has 0 aliphatic carbocycles. The highest BCUT2D eigenvalue weighted by Gasteiger charge is 2.10. The lowest BCUT2D eigenvalue weighted by Gasteiger charge is -2.22. The Morgan fingerprint density at radius 3 is 2.55 bits per heavy atom. The lowest BCUT2D eigenvalue weighted by atomic mass is 10.4. The molecular formula is C15H23ClIN5. The van der Waals surface area contributed by atoms with E-state index in [9.17, 15) is 0 Å². The van der Waals surface area contributed by atoms with Crippen molar-refractivity contribution in [3.8, 4) is 0 Å². The van der Waals surface area contributed by atoms with Crippen LogP contribution in [0.3, 0.4) is 0 Å². The van der Waals surface area contributed by atoms with Crippen LogP contribution in [0.25, 0.3) is 0 Å². The molecule has 0 aliphatic rings. The van der Waals surface area contributed by atoms with Gasteiger partial charge in [0.2, 0.25) is 0 Å². The Kier molecular flexibility index (Phi) is 7.28. The van der Waals surface area contributed by atoms with Gasteiger partial charge in [0.15, 0.2) is 5.96 Å². The first-order valence-corrected chi connectivity index (χ1v) is 7.21. The van der Waals surface area contributed by atoms with E-state index in [0.29, 0.717) is 0 Å². The van der Waals surface area contributed by atoms with Crippen molar-refractivity contribution in [1.29, 1.82) is 0 Å². The van der Waals surface area contributed by atoms with E-state index in [4.69, 9.17) is 11.6 Å². The lowest BCUT2D eigenvalue weighted by Crippen LogP contribution is -2.38. The van der Waals surface area contributed by atoms with Crippen LogP contribution >= 0.6 is 35.6 Å². The van der Waals surface area contributed by atoms with Gasteiger partial charge in [-0.05, 0) is 18.2 Å². The Morgan fingerprint density at radius 2 is 2.05 bits per heavy atom. The molecule has 7 heteroatoms. The van der Waals surface area contributed by atoms with Gasteiger partial charge in [0.25, 0.3) is 0 Å². The highest BCUT2D eigenvalue weighted by molar-refractivity contribution is 14.0. The van der Waals surface area contributed by atoms with Gasteiger partial charge in [-0.15, -0.1) is 24.0 Å². The van der Waals surface area contributed by atoms with Crippen LogP contribution in [0.4, 0.5) is 0 Å². The summed E-state index contributed by atoms with van der Waals surface area (Å²) in [7, 11) is 7.84. The van der Waals surface area contributed by atoms with Gasteiger partial charge in [0, 0.05) is 52.0 Å². The fraction of sp³-hybridized carbons (Fsp3) is 0.400. The third kappa shape index (κ3) is 4.67. The molecule has 0 fully saturated rings. The molecule has 22 heavy (non-hydrogen) atoms. The predicted molar refractivity (Wildman–Crippen MR) is 103 cm³/mol. The number of nitrogens with zero attached hydrogens (tertiary/aromatic N) is 4. The molecule has 5 nitrogen and oxygen atoms in total. The van der Waals surface area contributed by atoms with E-state index in [0.717, 1.165) is 29.8 Å². The number of hydrogen-bond acceptors (Lipinski definition) is 1. The highest BCUT2D eigenvalue weighted by atomic mass is 127. The van der Waals surface area contributed by atoms with Crippen LogP contribution in [0.1, 0.15) is 11.4 Å². The number of rotatable bonds is 4. The zero-order valence-corrected chi connectivity index (χ0v) is 16.5. The first kappa shape index (κ1) is 18.9. The molecule has 2 rings (SSSR count). The van der Waals surface area contributed by atoms with Crippen LogP contribution in [0.15, 0.2) is 35.6 Å². The minimum atomic E-state index is 0. The van der Waals surface area contributed by atoms with Crippen molar-refractivity contribution in [1.82, 2.24) is 19.4 Å². The van der Waals surface area contributed by atoms with E-state index < -0.39 is 0 Å². The molecule has 2 aromatic rings. The summed E-state index contributed by atoms with van der Waals surface area (Å²) in [4.78, 5) is 6.41. The monoisotopic (exact) mass is 435 g/mol. The number of aryl methyl sites for hydroxylation is 2. The topological polar surface area (TPSA) is 37.5 Å². The van der Waals surface area contributed by atoms with E-state index in [1.807, 2.05) is 50.2 Å². The zero-order valence-electron chi connectivity index (χ0n) is 13.4. The third-order valence-corrected chi connectivity index (χ3v) is 3.73. The summed E-state index contributed by atoms with van der Waals surface area (Å²) in [5.41, 5.74) is 2.36. The van der Waals surface area contributed by atoms with Crippen molar-refractivity contribution in [3.05, 3.63) is 47.0 Å². The number of guanidine groups is 1. The van der Waals surface area contributed by atoms with E-state index in [1.165, 1.54) is 5.69 Å². The Morgan fingerprint density at radius 1 is 1.32 bits per heavy atom. The summed E-state index contributed by atoms with van der Waals surface area (Å²) in [6.07, 6.45) is 3.94. The average Bonchev–Trinajstić information content (AvgIpc) is 2.97. The average molecular weight is 436 g/mol. The summed E-state index contributed by atoms with van der Waals surface area (Å²) in [5.74, 6) is 0.855. The molecule has 0 saturated carbocycles. The first-order valence-electron chi connectivity index (χ1n) is 6.84. The van der Waals surface area contributed by atoms with Crippen molar-refractivity contribution in [2.24, 2.45) is 19.1 Å². The maximum atomic E-state index is 6.02. The lowest BCUT2D eigenvalue weighted by molar-refractivity contribution is 0.460. The number of nitrogens with one attached hydrogen (secondary N) is 1. The molecule has 2 heterocycles. The van der Waals surface area contributed by atoms with Gasteiger partial charge in [0.05, 0.1) is 18.1 Å². The highest BCUT2D eigenvalue weighted by Crippen LogP contribution is 2.14. The predicted octanol–water partition coefficient (Wildman–Crippen LogP) is 2.84. The molecule has 0 bridgehead atoms. The van der Waals surface area contributed by atoms with E-state index >= 15 is 0 Å². The van der Waals surface area contributed by atoms with E-state index in [1.54, 1.807) is 7.05 Å². The summed E-state index contributed by atoms with van der Waals surface area (Å²) in [6.45, 7) is 1.49. The van der Waals surface area contributed by atoms with Crippen molar-refractivity contribution < 1.29 is 0 Å². The second-order valence-electron chi connectivity index (χ2n) is 5.13. The second kappa shape index (κ2) is 8.47. The summed E-state index contributed by atoms with van der Waals surface area (Å²) in [6, 6.07) is 6.11. The molecule has 0 unspecified atom stereocenters. The minimum Gasteiger partial charge on any atom is -0.353 e. The maximum absolute atomic E-state index is 6.02. The van der Waals surface area contributed by atoms with Crippen LogP contribution in [0.2, 0.25) is 5.02 Å². The smallest absolute Gasteiger partial charge is 0.194 e. The Labute approximate surface area is 154 Å². The standard InChI is InChI=1S/C15H22ClN5.HI/c1-17-15(18-9-13-6-5-7-19(13)2)21(4)11-14-8-12(16)10-20(14)3;/h5-8,10H,9,11H2,1-4H3,(H,17,18);1H. The number of halogens is 2. The van der Waals surface area contributed by atoms with Gasteiger partial charge in [-0.1, -0.05) is 11.6 Å². The number of aliphatic imine (C=N–C) groups is 1. The van der Waals surface area contributed by atoms with Gasteiger partial charge in [0.1, 0.15) is 0 Å². The zero-order chi connectivity index (χ0) is 15.4. The molecule has 0 aliphatic heterocycles. The second-order valence-corrected chi connectivity index (χ2v) is 5.56. The molecule has 0 atom stereocenters. The third-order valence-electron chi connectivity index (χ3n) is 3.53. The van der Waals surface area contributed by atoms with Crippen molar-refractivity contribution in [2.75, 3.05) is 14.1 Å². The van der Waals surface area contributed by atoms with Crippen molar-refractivity contribution in [3.63, 3.8) is 0 Å². The normalized spacial score (nSPS) is 11.2. The molecular weight excluding hydrogens is 413 g/mol. The SMILES string of the molecule is CN=C(NCc1cccn1C)N(C)Cc1cc(Cl)cn1C.I. The van der Waals surface area contributed by atoms with Crippen LogP contribution in [0.5, 0.6) is 0 Å². The molecule has 2 aromatic heterocycles. The van der Waals surface area contributed by atoms with Crippen LogP contribution in [-0.4, -0.2) is 34.1 Å². The van der Waals surface area contributed by atoms with Gasteiger partial charge >= 0.3 is 0 Å². The van der Waals surface area contributed by atoms with Gasteiger partial charge < -0.3 is 19.4 Å². The quantitative estimate of drug-likeness (QED) is 0.456. The molecule has 0 spiro atoms. The van der Waals surface area contributed by atoms with Gasteiger partial charge in [-0.3, -0.25) is 4.99 Å². The van der Waals surface area contributed by atoms with Crippen molar-refractivity contribution in [2.45, 2.75) is 13.1 Å². The molecule has 0 saturated heterocycles. The fourth-order valence-corrected chi connectivity index (χ4v) is 2.55. The minimum absolute atomic E-state index is 0. The largest absolute Gasteiger partial charge is 0.353 e. The molecule has 0 aromatic carbocycles. The van der Waals surface area contributed by atoms with Gasteiger partial charge in [-0.25, -0.2) is 0 Å².